The van der Waals surface area contributed by atoms with Crippen molar-refractivity contribution in [1.29, 1.82) is 0 Å². The fourth-order valence-corrected chi connectivity index (χ4v) is 4.25. The number of hydrogen-bond donors (Lipinski definition) is 0. The Morgan fingerprint density at radius 3 is 2.59 bits per heavy atom. The molecule has 0 spiro atoms. The predicted octanol–water partition coefficient (Wildman–Crippen LogP) is 5.01. The van der Waals surface area contributed by atoms with Crippen LogP contribution in [0.25, 0.3) is 11.4 Å². The third kappa shape index (κ3) is 3.70. The number of rotatable bonds is 5. The SMILES string of the molecule is CC[C@H](c1ccccc1)[C@H]1CCCN1c1cc(C)nc(-c2ccncc2)n1. The Bertz CT molecular complexity index is 879. The van der Waals surface area contributed by atoms with Crippen molar-refractivity contribution in [2.45, 2.75) is 45.1 Å². The highest BCUT2D eigenvalue weighted by Gasteiger charge is 2.32. The van der Waals surface area contributed by atoms with Crippen LogP contribution in [-0.4, -0.2) is 27.5 Å². The maximum atomic E-state index is 4.93. The van der Waals surface area contributed by atoms with Crippen LogP contribution in [0.2, 0.25) is 0 Å². The minimum absolute atomic E-state index is 0.483. The third-order valence-electron chi connectivity index (χ3n) is 5.50. The van der Waals surface area contributed by atoms with Crippen LogP contribution in [0.1, 0.15) is 43.4 Å². The van der Waals surface area contributed by atoms with Gasteiger partial charge in [-0.2, -0.15) is 0 Å². The lowest BCUT2D eigenvalue weighted by molar-refractivity contribution is 0.513. The minimum Gasteiger partial charge on any atom is -0.353 e. The molecule has 0 aliphatic carbocycles. The van der Waals surface area contributed by atoms with E-state index in [0.29, 0.717) is 12.0 Å². The standard InChI is InChI=1S/C23H26N4/c1-3-20(18-8-5-4-6-9-18)21-10-7-15-27(21)22-16-17(2)25-23(26-22)19-11-13-24-14-12-19/h4-6,8-9,11-14,16,20-21H,3,7,10,15H2,1-2H3/t20-,21-/m1/s1. The summed E-state index contributed by atoms with van der Waals surface area (Å²) in [6, 6.07) is 17.5. The Kier molecular flexibility index (Phi) is 5.14. The van der Waals surface area contributed by atoms with Crippen molar-refractivity contribution in [3.8, 4) is 11.4 Å². The molecule has 2 aromatic heterocycles. The maximum Gasteiger partial charge on any atom is 0.161 e. The summed E-state index contributed by atoms with van der Waals surface area (Å²) in [5, 5.41) is 0. The van der Waals surface area contributed by atoms with Gasteiger partial charge in [0.15, 0.2) is 5.82 Å². The monoisotopic (exact) mass is 358 g/mol. The van der Waals surface area contributed by atoms with E-state index < -0.39 is 0 Å². The second kappa shape index (κ2) is 7.87. The Morgan fingerprint density at radius 2 is 1.85 bits per heavy atom. The molecule has 0 bridgehead atoms. The van der Waals surface area contributed by atoms with Crippen LogP contribution in [0.4, 0.5) is 5.82 Å². The first-order chi connectivity index (χ1) is 13.3. The summed E-state index contributed by atoms with van der Waals surface area (Å²) >= 11 is 0. The van der Waals surface area contributed by atoms with Gasteiger partial charge < -0.3 is 4.90 Å². The van der Waals surface area contributed by atoms with Gasteiger partial charge in [-0.1, -0.05) is 37.3 Å². The molecule has 1 fully saturated rings. The summed E-state index contributed by atoms with van der Waals surface area (Å²) < 4.78 is 0. The molecule has 1 aliphatic rings. The average Bonchev–Trinajstić information content (AvgIpc) is 3.19. The van der Waals surface area contributed by atoms with E-state index in [2.05, 4.69) is 65.1 Å². The number of aromatic nitrogens is 3. The van der Waals surface area contributed by atoms with E-state index in [-0.39, 0.29) is 0 Å². The molecule has 0 unspecified atom stereocenters. The van der Waals surface area contributed by atoms with E-state index >= 15 is 0 Å². The first kappa shape index (κ1) is 17.7. The highest BCUT2D eigenvalue weighted by Crippen LogP contribution is 2.36. The molecule has 2 atom stereocenters. The first-order valence-electron chi connectivity index (χ1n) is 9.84. The summed E-state index contributed by atoms with van der Waals surface area (Å²) in [4.78, 5) is 16.2. The minimum atomic E-state index is 0.483. The van der Waals surface area contributed by atoms with Gasteiger partial charge in [0.05, 0.1) is 0 Å². The number of nitrogens with zero attached hydrogens (tertiary/aromatic N) is 4. The van der Waals surface area contributed by atoms with Crippen LogP contribution in [0.15, 0.2) is 60.9 Å². The molecule has 3 heterocycles. The zero-order valence-electron chi connectivity index (χ0n) is 16.0. The second-order valence-electron chi connectivity index (χ2n) is 7.26. The average molecular weight is 358 g/mol. The van der Waals surface area contributed by atoms with E-state index in [4.69, 9.17) is 4.98 Å². The van der Waals surface area contributed by atoms with E-state index in [1.54, 1.807) is 12.4 Å². The van der Waals surface area contributed by atoms with E-state index in [9.17, 15) is 0 Å². The zero-order chi connectivity index (χ0) is 18.6. The predicted molar refractivity (Wildman–Crippen MR) is 110 cm³/mol. The summed E-state index contributed by atoms with van der Waals surface area (Å²) in [6.45, 7) is 5.40. The van der Waals surface area contributed by atoms with Crippen molar-refractivity contribution in [2.75, 3.05) is 11.4 Å². The Morgan fingerprint density at radius 1 is 1.07 bits per heavy atom. The van der Waals surface area contributed by atoms with Gasteiger partial charge in [0.1, 0.15) is 5.82 Å². The molecular formula is C23H26N4. The van der Waals surface area contributed by atoms with Crippen molar-refractivity contribution in [2.24, 2.45) is 0 Å². The topological polar surface area (TPSA) is 41.9 Å². The largest absolute Gasteiger partial charge is 0.353 e. The Labute approximate surface area is 161 Å². The number of hydrogen-bond acceptors (Lipinski definition) is 4. The number of anilines is 1. The Balaban J connectivity index is 1.69. The van der Waals surface area contributed by atoms with Gasteiger partial charge in [0.2, 0.25) is 0 Å². The lowest BCUT2D eigenvalue weighted by Crippen LogP contribution is -2.35. The molecule has 4 nitrogen and oxygen atoms in total. The normalized spacial score (nSPS) is 17.9. The summed E-state index contributed by atoms with van der Waals surface area (Å²) in [5.74, 6) is 2.35. The van der Waals surface area contributed by atoms with Gasteiger partial charge in [-0.15, -0.1) is 0 Å². The highest BCUT2D eigenvalue weighted by molar-refractivity contribution is 5.58. The van der Waals surface area contributed by atoms with E-state index in [0.717, 1.165) is 35.9 Å². The Hall–Kier alpha value is -2.75. The van der Waals surface area contributed by atoms with Gasteiger partial charge in [0.25, 0.3) is 0 Å². The van der Waals surface area contributed by atoms with Crippen LogP contribution < -0.4 is 4.90 Å². The van der Waals surface area contributed by atoms with E-state index in [1.165, 1.54) is 18.4 Å². The number of benzene rings is 1. The van der Waals surface area contributed by atoms with Crippen LogP contribution in [0, 0.1) is 6.92 Å². The van der Waals surface area contributed by atoms with Gasteiger partial charge in [-0.05, 0) is 43.9 Å². The van der Waals surface area contributed by atoms with Crippen molar-refractivity contribution in [3.05, 3.63) is 72.2 Å². The fourth-order valence-electron chi connectivity index (χ4n) is 4.25. The molecule has 0 radical (unpaired) electrons. The summed E-state index contributed by atoms with van der Waals surface area (Å²) in [7, 11) is 0. The van der Waals surface area contributed by atoms with Crippen LogP contribution in [-0.2, 0) is 0 Å². The highest BCUT2D eigenvalue weighted by atomic mass is 15.2. The van der Waals surface area contributed by atoms with Gasteiger partial charge in [0, 0.05) is 48.2 Å². The lowest BCUT2D eigenvalue weighted by Gasteiger charge is -2.32. The smallest absolute Gasteiger partial charge is 0.161 e. The van der Waals surface area contributed by atoms with Crippen LogP contribution in [0.5, 0.6) is 0 Å². The molecule has 1 saturated heterocycles. The van der Waals surface area contributed by atoms with E-state index in [1.807, 2.05) is 12.1 Å². The molecule has 0 amide bonds. The quantitative estimate of drug-likeness (QED) is 0.643. The fraction of sp³-hybridized carbons (Fsp3) is 0.348. The van der Waals surface area contributed by atoms with Crippen LogP contribution >= 0.6 is 0 Å². The molecule has 4 rings (SSSR count). The number of pyridine rings is 1. The number of aryl methyl sites for hydroxylation is 1. The van der Waals surface area contributed by atoms with Gasteiger partial charge in [-0.3, -0.25) is 4.98 Å². The van der Waals surface area contributed by atoms with Gasteiger partial charge in [-0.25, -0.2) is 9.97 Å². The first-order valence-corrected chi connectivity index (χ1v) is 9.84. The van der Waals surface area contributed by atoms with Crippen LogP contribution in [0.3, 0.4) is 0 Å². The summed E-state index contributed by atoms with van der Waals surface area (Å²) in [6.07, 6.45) is 7.14. The van der Waals surface area contributed by atoms with Crippen molar-refractivity contribution < 1.29 is 0 Å². The third-order valence-corrected chi connectivity index (χ3v) is 5.50. The van der Waals surface area contributed by atoms with Crippen molar-refractivity contribution in [1.82, 2.24) is 15.0 Å². The molecule has 0 N–H and O–H groups in total. The zero-order valence-corrected chi connectivity index (χ0v) is 16.0. The van der Waals surface area contributed by atoms with Crippen molar-refractivity contribution in [3.63, 3.8) is 0 Å². The lowest BCUT2D eigenvalue weighted by atomic mass is 9.87. The molecule has 1 aromatic carbocycles. The summed E-state index contributed by atoms with van der Waals surface area (Å²) in [5.41, 5.74) is 3.45. The van der Waals surface area contributed by atoms with Crippen molar-refractivity contribution >= 4 is 5.82 Å². The maximum absolute atomic E-state index is 4.93. The molecule has 1 aliphatic heterocycles. The molecular weight excluding hydrogens is 332 g/mol. The molecule has 138 valence electrons. The second-order valence-corrected chi connectivity index (χ2v) is 7.26. The molecule has 27 heavy (non-hydrogen) atoms. The molecule has 4 heteroatoms. The molecule has 0 saturated carbocycles. The molecule has 3 aromatic rings. The van der Waals surface area contributed by atoms with Gasteiger partial charge >= 0.3 is 0 Å².